The molecule has 2 aromatic heterocycles. The maximum absolute atomic E-state index is 12.2. The molecule has 30 heavy (non-hydrogen) atoms. The number of nitrogens with one attached hydrogen (secondary N) is 3. The number of rotatable bonds is 6. The number of nitrogens with zero attached hydrogens (tertiary/aromatic N) is 2. The van der Waals surface area contributed by atoms with Crippen LogP contribution in [-0.4, -0.2) is 40.4 Å². The van der Waals surface area contributed by atoms with Crippen LogP contribution < -0.4 is 16.4 Å². The summed E-state index contributed by atoms with van der Waals surface area (Å²) in [5.41, 5.74) is 8.79. The number of alkyl halides is 3. The Morgan fingerprint density at radius 3 is 2.80 bits per heavy atom. The van der Waals surface area contributed by atoms with Gasteiger partial charge in [0.2, 0.25) is 0 Å². The number of fused-ring (bicyclic) bond motifs is 1. The molecule has 0 bridgehead atoms. The molecule has 0 aliphatic rings. The molecule has 2 amide bonds. The highest BCUT2D eigenvalue weighted by molar-refractivity contribution is 6.07. The van der Waals surface area contributed by atoms with Crippen molar-refractivity contribution in [2.24, 2.45) is 5.73 Å². The van der Waals surface area contributed by atoms with Crippen LogP contribution in [0.3, 0.4) is 0 Å². The number of carbonyl (C=O) groups excluding carboxylic acids is 1. The Morgan fingerprint density at radius 2 is 2.07 bits per heavy atom. The normalized spacial score (nSPS) is 11.7. The van der Waals surface area contributed by atoms with E-state index < -0.39 is 18.8 Å². The monoisotopic (exact) mass is 416 g/mol. The Bertz CT molecular complexity index is 1100. The minimum Gasteiger partial charge on any atom is -0.329 e. The second-order valence-corrected chi connectivity index (χ2v) is 6.34. The van der Waals surface area contributed by atoms with Crippen molar-refractivity contribution in [2.45, 2.75) is 6.18 Å². The van der Waals surface area contributed by atoms with E-state index >= 15 is 0 Å². The van der Waals surface area contributed by atoms with Crippen LogP contribution in [0.1, 0.15) is 5.56 Å². The summed E-state index contributed by atoms with van der Waals surface area (Å²) >= 11 is 0. The van der Waals surface area contributed by atoms with Crippen LogP contribution in [0.5, 0.6) is 0 Å². The number of pyridine rings is 1. The number of amides is 2. The van der Waals surface area contributed by atoms with Gasteiger partial charge in [0.25, 0.3) is 0 Å². The van der Waals surface area contributed by atoms with Crippen LogP contribution in [0, 0.1) is 5.41 Å². The summed E-state index contributed by atoms with van der Waals surface area (Å²) in [5, 5.41) is 12.2. The molecule has 7 nitrogen and oxygen atoms in total. The molecule has 0 saturated heterocycles. The van der Waals surface area contributed by atoms with Gasteiger partial charge in [-0.25, -0.2) is 9.78 Å². The average molecular weight is 416 g/mol. The number of hydrogen-bond donors (Lipinski definition) is 4. The van der Waals surface area contributed by atoms with E-state index in [1.807, 2.05) is 4.40 Å². The number of halogens is 3. The van der Waals surface area contributed by atoms with Crippen molar-refractivity contribution in [3.8, 4) is 11.3 Å². The molecule has 0 atom stereocenters. The third-order valence-electron chi connectivity index (χ3n) is 4.11. The van der Waals surface area contributed by atoms with Crippen molar-refractivity contribution in [2.75, 3.05) is 18.4 Å². The van der Waals surface area contributed by atoms with Gasteiger partial charge in [-0.05, 0) is 30.3 Å². The first-order valence-corrected chi connectivity index (χ1v) is 8.91. The molecule has 0 saturated carbocycles. The number of benzene rings is 1. The largest absolute Gasteiger partial charge is 0.405 e. The van der Waals surface area contributed by atoms with Gasteiger partial charge in [0.05, 0.1) is 17.6 Å². The molecule has 0 fully saturated rings. The third kappa shape index (κ3) is 5.23. The number of hydrogen-bond acceptors (Lipinski definition) is 4. The van der Waals surface area contributed by atoms with Crippen molar-refractivity contribution in [3.63, 3.8) is 0 Å². The van der Waals surface area contributed by atoms with E-state index in [4.69, 9.17) is 11.1 Å². The second-order valence-electron chi connectivity index (χ2n) is 6.34. The summed E-state index contributed by atoms with van der Waals surface area (Å²) in [4.78, 5) is 16.0. The zero-order chi connectivity index (χ0) is 21.7. The molecular formula is C20H19F3N6O. The molecule has 0 unspecified atom stereocenters. The fourth-order valence-electron chi connectivity index (χ4n) is 2.76. The molecule has 0 radical (unpaired) electrons. The molecule has 2 heterocycles. The van der Waals surface area contributed by atoms with E-state index in [0.717, 1.165) is 5.69 Å². The highest BCUT2D eigenvalue weighted by Gasteiger charge is 2.27. The van der Waals surface area contributed by atoms with Crippen molar-refractivity contribution >= 4 is 23.1 Å². The fourth-order valence-corrected chi connectivity index (χ4v) is 2.76. The Balaban J connectivity index is 1.81. The first-order chi connectivity index (χ1) is 14.3. The van der Waals surface area contributed by atoms with E-state index in [0.29, 0.717) is 34.7 Å². The summed E-state index contributed by atoms with van der Waals surface area (Å²) in [7, 11) is 0. The maximum Gasteiger partial charge on any atom is 0.405 e. The van der Waals surface area contributed by atoms with E-state index in [9.17, 15) is 18.0 Å². The second kappa shape index (κ2) is 8.78. The molecule has 156 valence electrons. The van der Waals surface area contributed by atoms with Crippen molar-refractivity contribution in [1.29, 1.82) is 5.41 Å². The van der Waals surface area contributed by atoms with Gasteiger partial charge in [-0.15, -0.1) is 0 Å². The number of nitrogens with two attached hydrogens (primary N) is 1. The first-order valence-electron chi connectivity index (χ1n) is 8.91. The highest BCUT2D eigenvalue weighted by Crippen LogP contribution is 2.24. The average Bonchev–Trinajstić information content (AvgIpc) is 3.13. The van der Waals surface area contributed by atoms with E-state index in [-0.39, 0.29) is 0 Å². The number of allylic oxidation sites excluding steroid dienone is 1. The van der Waals surface area contributed by atoms with Crippen LogP contribution in [0.25, 0.3) is 16.9 Å². The summed E-state index contributed by atoms with van der Waals surface area (Å²) < 4.78 is 38.5. The van der Waals surface area contributed by atoms with E-state index in [1.54, 1.807) is 66.3 Å². The van der Waals surface area contributed by atoms with Crippen LogP contribution in [0.4, 0.5) is 23.7 Å². The molecule has 0 aliphatic heterocycles. The van der Waals surface area contributed by atoms with Crippen LogP contribution in [-0.2, 0) is 0 Å². The minimum atomic E-state index is -4.48. The van der Waals surface area contributed by atoms with Gasteiger partial charge >= 0.3 is 12.2 Å². The Morgan fingerprint density at radius 1 is 1.27 bits per heavy atom. The van der Waals surface area contributed by atoms with E-state index in [2.05, 4.69) is 10.3 Å². The van der Waals surface area contributed by atoms with Gasteiger partial charge in [-0.1, -0.05) is 18.2 Å². The zero-order valence-corrected chi connectivity index (χ0v) is 15.7. The lowest BCUT2D eigenvalue weighted by molar-refractivity contribution is -0.122. The summed E-state index contributed by atoms with van der Waals surface area (Å²) in [6.07, 6.45) is 2.24. The Labute approximate surface area is 169 Å². The van der Waals surface area contributed by atoms with Crippen LogP contribution in [0.15, 0.2) is 60.9 Å². The minimum absolute atomic E-state index is 0.309. The summed E-state index contributed by atoms with van der Waals surface area (Å²) in [6, 6.07) is 9.27. The number of urea groups is 1. The van der Waals surface area contributed by atoms with Crippen LogP contribution >= 0.6 is 0 Å². The first kappa shape index (κ1) is 21.1. The molecule has 0 spiro atoms. The third-order valence-corrected chi connectivity index (χ3v) is 4.11. The summed E-state index contributed by atoms with van der Waals surface area (Å²) in [5.74, 6) is 0. The van der Waals surface area contributed by atoms with Crippen molar-refractivity contribution in [3.05, 3.63) is 66.5 Å². The van der Waals surface area contributed by atoms with Gasteiger partial charge in [0, 0.05) is 29.6 Å². The topological polar surface area (TPSA) is 108 Å². The maximum atomic E-state index is 12.2. The number of aromatic nitrogens is 2. The fraction of sp³-hybridized carbons (Fsp3) is 0.150. The smallest absolute Gasteiger partial charge is 0.329 e. The van der Waals surface area contributed by atoms with Gasteiger partial charge < -0.3 is 21.8 Å². The lowest BCUT2D eigenvalue weighted by Crippen LogP contribution is -2.36. The lowest BCUT2D eigenvalue weighted by Gasteiger charge is -2.11. The highest BCUT2D eigenvalue weighted by atomic mass is 19.4. The lowest BCUT2D eigenvalue weighted by atomic mass is 10.1. The van der Waals surface area contributed by atoms with E-state index in [1.165, 1.54) is 0 Å². The molecule has 3 rings (SSSR count). The number of anilines is 1. The predicted octanol–water partition coefficient (Wildman–Crippen LogP) is 3.57. The van der Waals surface area contributed by atoms with Gasteiger partial charge in [0.1, 0.15) is 12.2 Å². The SMILES string of the molecule is N=C(/C=C\CN)c1ccn2c(-c3cccc(NC(=O)NCC(F)(F)F)c3)cnc2c1. The molecular weight excluding hydrogens is 397 g/mol. The van der Waals surface area contributed by atoms with Gasteiger partial charge in [0.15, 0.2) is 0 Å². The predicted molar refractivity (Wildman–Crippen MR) is 109 cm³/mol. The quantitative estimate of drug-likeness (QED) is 0.461. The molecule has 3 aromatic rings. The van der Waals surface area contributed by atoms with Gasteiger partial charge in [-0.2, -0.15) is 13.2 Å². The number of imidazole rings is 1. The molecule has 10 heteroatoms. The van der Waals surface area contributed by atoms with Gasteiger partial charge in [-0.3, -0.25) is 4.40 Å². The molecule has 5 N–H and O–H groups in total. The molecule has 0 aliphatic carbocycles. The van der Waals surface area contributed by atoms with Crippen molar-refractivity contribution < 1.29 is 18.0 Å². The summed E-state index contributed by atoms with van der Waals surface area (Å²) in [6.45, 7) is -1.07. The van der Waals surface area contributed by atoms with Crippen molar-refractivity contribution in [1.82, 2.24) is 14.7 Å². The number of carbonyl (C=O) groups is 1. The standard InChI is InChI=1S/C20H19F3N6O/c21-20(22,23)12-27-19(30)28-15-4-1-3-14(9-15)17-11-26-18-10-13(6-8-29(17)18)16(25)5-2-7-24/h1-6,8-11,25H,7,12,24H2,(H2,27,28,30)/b5-2-,25-16?. The van der Waals surface area contributed by atoms with Crippen LogP contribution in [0.2, 0.25) is 0 Å². The zero-order valence-electron chi connectivity index (χ0n) is 15.7. The Hall–Kier alpha value is -3.66. The Kier molecular flexibility index (Phi) is 6.17. The molecule has 1 aromatic carbocycles.